The van der Waals surface area contributed by atoms with Crippen LogP contribution < -0.4 is 0 Å². The van der Waals surface area contributed by atoms with Crippen molar-refractivity contribution in [2.75, 3.05) is 6.54 Å². The van der Waals surface area contributed by atoms with E-state index in [0.29, 0.717) is 0 Å². The summed E-state index contributed by atoms with van der Waals surface area (Å²) < 4.78 is 0. The van der Waals surface area contributed by atoms with Crippen LogP contribution in [0.25, 0.3) is 0 Å². The summed E-state index contributed by atoms with van der Waals surface area (Å²) in [5.74, 6) is 0.962. The van der Waals surface area contributed by atoms with Crippen LogP contribution in [0, 0.1) is 17.2 Å². The SMILES string of the molecule is CCC1CCC(N2CCCC2C#N)CC1. The second-order valence-corrected chi connectivity index (χ2v) is 5.11. The molecule has 1 aliphatic heterocycles. The molecule has 84 valence electrons. The van der Waals surface area contributed by atoms with Crippen molar-refractivity contribution >= 4 is 0 Å². The van der Waals surface area contributed by atoms with Crippen LogP contribution in [-0.4, -0.2) is 23.5 Å². The van der Waals surface area contributed by atoms with Gasteiger partial charge in [0.15, 0.2) is 0 Å². The molecule has 0 aromatic heterocycles. The van der Waals surface area contributed by atoms with Gasteiger partial charge < -0.3 is 0 Å². The summed E-state index contributed by atoms with van der Waals surface area (Å²) >= 11 is 0. The molecule has 2 aliphatic rings. The van der Waals surface area contributed by atoms with Gasteiger partial charge in [-0.15, -0.1) is 0 Å². The average molecular weight is 206 g/mol. The van der Waals surface area contributed by atoms with Crippen molar-refractivity contribution in [3.8, 4) is 6.07 Å². The van der Waals surface area contributed by atoms with Gasteiger partial charge in [0.05, 0.1) is 12.1 Å². The van der Waals surface area contributed by atoms with E-state index in [4.69, 9.17) is 5.26 Å². The molecule has 0 bridgehead atoms. The van der Waals surface area contributed by atoms with Crippen LogP contribution in [-0.2, 0) is 0 Å². The molecule has 0 amide bonds. The Labute approximate surface area is 93.3 Å². The summed E-state index contributed by atoms with van der Waals surface area (Å²) in [6.07, 6.45) is 9.10. The number of nitriles is 1. The molecule has 15 heavy (non-hydrogen) atoms. The highest BCUT2D eigenvalue weighted by Crippen LogP contribution is 2.32. The van der Waals surface area contributed by atoms with E-state index in [-0.39, 0.29) is 6.04 Å². The van der Waals surface area contributed by atoms with E-state index in [0.717, 1.165) is 18.4 Å². The molecule has 2 heteroatoms. The fourth-order valence-corrected chi connectivity index (χ4v) is 3.25. The van der Waals surface area contributed by atoms with E-state index < -0.39 is 0 Å². The predicted molar refractivity (Wildman–Crippen MR) is 61.4 cm³/mol. The molecule has 0 aromatic rings. The maximum Gasteiger partial charge on any atom is 0.0980 e. The van der Waals surface area contributed by atoms with Crippen LogP contribution in [0.1, 0.15) is 51.9 Å². The molecule has 0 spiro atoms. The Kier molecular flexibility index (Phi) is 3.64. The van der Waals surface area contributed by atoms with Gasteiger partial charge in [0, 0.05) is 6.04 Å². The Bertz CT molecular complexity index is 235. The molecule has 0 aromatic carbocycles. The highest BCUT2D eigenvalue weighted by molar-refractivity contribution is 4.99. The maximum atomic E-state index is 9.07. The van der Waals surface area contributed by atoms with E-state index in [2.05, 4.69) is 17.9 Å². The first-order valence-electron chi connectivity index (χ1n) is 6.50. The minimum Gasteiger partial charge on any atom is -0.285 e. The topological polar surface area (TPSA) is 27.0 Å². The smallest absolute Gasteiger partial charge is 0.0980 e. The van der Waals surface area contributed by atoms with Crippen LogP contribution in [0.15, 0.2) is 0 Å². The molecule has 1 aliphatic carbocycles. The molecule has 2 nitrogen and oxygen atoms in total. The van der Waals surface area contributed by atoms with Crippen LogP contribution in [0.4, 0.5) is 0 Å². The molecule has 1 atom stereocenters. The standard InChI is InChI=1S/C13H22N2/c1-2-11-5-7-12(8-6-11)15-9-3-4-13(15)10-14/h11-13H,2-9H2,1H3. The summed E-state index contributed by atoms with van der Waals surface area (Å²) in [6, 6.07) is 3.41. The molecular formula is C13H22N2. The van der Waals surface area contributed by atoms with Crippen molar-refractivity contribution in [2.45, 2.75) is 64.0 Å². The Hall–Kier alpha value is -0.550. The van der Waals surface area contributed by atoms with Gasteiger partial charge in [0.2, 0.25) is 0 Å². The zero-order valence-electron chi connectivity index (χ0n) is 9.78. The van der Waals surface area contributed by atoms with Crippen molar-refractivity contribution < 1.29 is 0 Å². The molecular weight excluding hydrogens is 184 g/mol. The number of hydrogen-bond donors (Lipinski definition) is 0. The molecule has 1 saturated carbocycles. The Morgan fingerprint density at radius 1 is 1.20 bits per heavy atom. The number of nitrogens with zero attached hydrogens (tertiary/aromatic N) is 2. The average Bonchev–Trinajstić information content (AvgIpc) is 2.77. The minimum atomic E-state index is 0.230. The van der Waals surface area contributed by atoms with Crippen molar-refractivity contribution in [1.29, 1.82) is 5.26 Å². The van der Waals surface area contributed by atoms with E-state index in [1.807, 2.05) is 0 Å². The van der Waals surface area contributed by atoms with Gasteiger partial charge in [-0.2, -0.15) is 5.26 Å². The Balaban J connectivity index is 1.87. The quantitative estimate of drug-likeness (QED) is 0.694. The highest BCUT2D eigenvalue weighted by Gasteiger charge is 2.32. The van der Waals surface area contributed by atoms with Gasteiger partial charge in [-0.3, -0.25) is 4.90 Å². The lowest BCUT2D eigenvalue weighted by Gasteiger charge is -2.35. The number of likely N-dealkylation sites (tertiary alicyclic amines) is 1. The summed E-state index contributed by atoms with van der Waals surface area (Å²) in [7, 11) is 0. The summed E-state index contributed by atoms with van der Waals surface area (Å²) in [6.45, 7) is 3.47. The number of hydrogen-bond acceptors (Lipinski definition) is 2. The zero-order valence-corrected chi connectivity index (χ0v) is 9.78. The highest BCUT2D eigenvalue weighted by atomic mass is 15.2. The van der Waals surface area contributed by atoms with Crippen LogP contribution in [0.3, 0.4) is 0 Å². The van der Waals surface area contributed by atoms with Crippen molar-refractivity contribution in [3.05, 3.63) is 0 Å². The Morgan fingerprint density at radius 3 is 2.53 bits per heavy atom. The van der Waals surface area contributed by atoms with Gasteiger partial charge in [0.1, 0.15) is 0 Å². The van der Waals surface area contributed by atoms with Crippen LogP contribution in [0.2, 0.25) is 0 Å². The zero-order chi connectivity index (χ0) is 10.7. The monoisotopic (exact) mass is 206 g/mol. The minimum absolute atomic E-state index is 0.230. The van der Waals surface area contributed by atoms with E-state index in [1.165, 1.54) is 45.1 Å². The maximum absolute atomic E-state index is 9.07. The molecule has 2 rings (SSSR count). The lowest BCUT2D eigenvalue weighted by molar-refractivity contribution is 0.142. The van der Waals surface area contributed by atoms with Gasteiger partial charge in [-0.05, 0) is 51.0 Å². The normalized spacial score (nSPS) is 37.7. The third kappa shape index (κ3) is 2.34. The van der Waals surface area contributed by atoms with E-state index >= 15 is 0 Å². The number of rotatable bonds is 2. The summed E-state index contributed by atoms with van der Waals surface area (Å²) in [4.78, 5) is 2.48. The van der Waals surface area contributed by atoms with Crippen molar-refractivity contribution in [3.63, 3.8) is 0 Å². The van der Waals surface area contributed by atoms with Crippen molar-refractivity contribution in [1.82, 2.24) is 4.90 Å². The van der Waals surface area contributed by atoms with Gasteiger partial charge >= 0.3 is 0 Å². The lowest BCUT2D eigenvalue weighted by atomic mass is 9.84. The van der Waals surface area contributed by atoms with Gasteiger partial charge in [-0.25, -0.2) is 0 Å². The molecule has 1 unspecified atom stereocenters. The third-order valence-electron chi connectivity index (χ3n) is 4.31. The first kappa shape index (κ1) is 11.0. The second-order valence-electron chi connectivity index (χ2n) is 5.11. The fraction of sp³-hybridized carbons (Fsp3) is 0.923. The van der Waals surface area contributed by atoms with E-state index in [9.17, 15) is 0 Å². The first-order chi connectivity index (χ1) is 7.35. The fourth-order valence-electron chi connectivity index (χ4n) is 3.25. The molecule has 0 radical (unpaired) electrons. The predicted octanol–water partition coefficient (Wildman–Crippen LogP) is 2.94. The second kappa shape index (κ2) is 4.99. The lowest BCUT2D eigenvalue weighted by Crippen LogP contribution is -2.40. The largest absolute Gasteiger partial charge is 0.285 e. The summed E-state index contributed by atoms with van der Waals surface area (Å²) in [5.41, 5.74) is 0. The molecule has 2 fully saturated rings. The molecule has 1 saturated heterocycles. The van der Waals surface area contributed by atoms with Gasteiger partial charge in [0.25, 0.3) is 0 Å². The molecule has 0 N–H and O–H groups in total. The Morgan fingerprint density at radius 2 is 1.93 bits per heavy atom. The first-order valence-corrected chi connectivity index (χ1v) is 6.50. The van der Waals surface area contributed by atoms with Crippen LogP contribution >= 0.6 is 0 Å². The van der Waals surface area contributed by atoms with E-state index in [1.54, 1.807) is 0 Å². The third-order valence-corrected chi connectivity index (χ3v) is 4.31. The van der Waals surface area contributed by atoms with Crippen LogP contribution in [0.5, 0.6) is 0 Å². The van der Waals surface area contributed by atoms with Gasteiger partial charge in [-0.1, -0.05) is 13.3 Å². The van der Waals surface area contributed by atoms with Crippen molar-refractivity contribution in [2.24, 2.45) is 5.92 Å². The molecule has 1 heterocycles. The summed E-state index contributed by atoms with van der Waals surface area (Å²) in [5, 5.41) is 9.07.